The van der Waals surface area contributed by atoms with Crippen LogP contribution in [0.2, 0.25) is 0 Å². The highest BCUT2D eigenvalue weighted by Gasteiger charge is 2.31. The molecule has 0 unspecified atom stereocenters. The lowest BCUT2D eigenvalue weighted by Gasteiger charge is -2.12. The first kappa shape index (κ1) is 15.6. The Hall–Kier alpha value is -2.75. The van der Waals surface area contributed by atoms with Gasteiger partial charge in [0.15, 0.2) is 0 Å². The molecule has 0 atom stereocenters. The quantitative estimate of drug-likeness (QED) is 0.863. The number of hydrogen-bond acceptors (Lipinski definition) is 4. The molecule has 1 aromatic carbocycles. The summed E-state index contributed by atoms with van der Waals surface area (Å²) < 4.78 is 45.8. The Morgan fingerprint density at radius 2 is 2.00 bits per heavy atom. The second kappa shape index (κ2) is 6.35. The van der Waals surface area contributed by atoms with Crippen molar-refractivity contribution >= 4 is 0 Å². The third-order valence-corrected chi connectivity index (χ3v) is 2.75. The molecule has 114 valence electrons. The Morgan fingerprint density at radius 3 is 2.64 bits per heavy atom. The highest BCUT2D eigenvalue weighted by Crippen LogP contribution is 2.32. The van der Waals surface area contributed by atoms with Gasteiger partial charge in [0.1, 0.15) is 5.75 Å². The lowest BCUT2D eigenvalue weighted by molar-refractivity contribution is -0.274. The molecule has 4 nitrogen and oxygen atoms in total. The van der Waals surface area contributed by atoms with Gasteiger partial charge in [0.25, 0.3) is 0 Å². The molecule has 0 aliphatic rings. The topological polar surface area (TPSA) is 55.1 Å². The molecule has 1 heterocycles. The molecule has 0 N–H and O–H groups in total. The van der Waals surface area contributed by atoms with E-state index in [2.05, 4.69) is 9.72 Å². The number of rotatable bonds is 4. The maximum absolute atomic E-state index is 12.3. The van der Waals surface area contributed by atoms with Crippen molar-refractivity contribution in [2.45, 2.75) is 12.8 Å². The first-order valence-corrected chi connectivity index (χ1v) is 6.20. The number of nitriles is 1. The molecule has 22 heavy (non-hydrogen) atoms. The van der Waals surface area contributed by atoms with Crippen molar-refractivity contribution in [2.75, 3.05) is 7.11 Å². The molecule has 7 heteroatoms. The van der Waals surface area contributed by atoms with Gasteiger partial charge in [-0.1, -0.05) is 12.1 Å². The molecule has 0 saturated heterocycles. The molecule has 1 aromatic heterocycles. The fourth-order valence-electron chi connectivity index (χ4n) is 1.89. The summed E-state index contributed by atoms with van der Waals surface area (Å²) in [6, 6.07) is 10.8. The van der Waals surface area contributed by atoms with E-state index < -0.39 is 6.36 Å². The Morgan fingerprint density at radius 1 is 1.23 bits per heavy atom. The van der Waals surface area contributed by atoms with Crippen LogP contribution in [0.1, 0.15) is 5.69 Å². The number of aromatic nitrogens is 1. The van der Waals surface area contributed by atoms with Crippen LogP contribution in [0.4, 0.5) is 13.2 Å². The minimum atomic E-state index is -4.75. The van der Waals surface area contributed by atoms with E-state index in [1.807, 2.05) is 6.07 Å². The van der Waals surface area contributed by atoms with E-state index in [4.69, 9.17) is 10.00 Å². The Bertz CT molecular complexity index is 709. The van der Waals surface area contributed by atoms with Gasteiger partial charge in [-0.2, -0.15) is 5.26 Å². The van der Waals surface area contributed by atoms with Gasteiger partial charge in [-0.15, -0.1) is 13.2 Å². The van der Waals surface area contributed by atoms with Crippen molar-refractivity contribution in [3.05, 3.63) is 42.1 Å². The number of pyridine rings is 1. The van der Waals surface area contributed by atoms with E-state index >= 15 is 0 Å². The zero-order chi connectivity index (χ0) is 16.2. The van der Waals surface area contributed by atoms with Crippen molar-refractivity contribution in [3.63, 3.8) is 0 Å². The lowest BCUT2D eigenvalue weighted by Crippen LogP contribution is -2.17. The molecule has 0 radical (unpaired) electrons. The second-order valence-electron chi connectivity index (χ2n) is 4.27. The normalized spacial score (nSPS) is 10.9. The van der Waals surface area contributed by atoms with Gasteiger partial charge in [-0.05, 0) is 29.8 Å². The number of benzene rings is 1. The maximum atomic E-state index is 12.3. The van der Waals surface area contributed by atoms with Gasteiger partial charge >= 0.3 is 6.36 Å². The molecule has 0 bridgehead atoms. The summed E-state index contributed by atoms with van der Waals surface area (Å²) in [5.41, 5.74) is 1.50. The molecule has 0 aliphatic heterocycles. The van der Waals surface area contributed by atoms with Crippen LogP contribution in [0.15, 0.2) is 36.4 Å². The molecule has 0 saturated carbocycles. The summed E-state index contributed by atoms with van der Waals surface area (Å²) in [6.07, 6.45) is -4.63. The predicted molar refractivity (Wildman–Crippen MR) is 72.2 cm³/mol. The van der Waals surface area contributed by atoms with Gasteiger partial charge in [0.2, 0.25) is 5.88 Å². The average molecular weight is 308 g/mol. The highest BCUT2D eigenvalue weighted by atomic mass is 19.4. The monoisotopic (exact) mass is 308 g/mol. The number of methoxy groups -OCH3 is 1. The molecule has 2 aromatic rings. The van der Waals surface area contributed by atoms with E-state index in [1.165, 1.54) is 25.3 Å². The van der Waals surface area contributed by atoms with Crippen molar-refractivity contribution in [1.29, 1.82) is 5.26 Å². The van der Waals surface area contributed by atoms with Crippen molar-refractivity contribution in [2.24, 2.45) is 0 Å². The molecular weight excluding hydrogens is 297 g/mol. The molecule has 0 amide bonds. The standard InChI is InChI=1S/C15H11F3N2O2/c1-21-14-13(6-5-11(20-14)7-8-19)10-3-2-4-12(9-10)22-15(16,17)18/h2-6,9H,7H2,1H3. The van der Waals surface area contributed by atoms with E-state index in [0.717, 1.165) is 0 Å². The largest absolute Gasteiger partial charge is 0.573 e. The van der Waals surface area contributed by atoms with Crippen LogP contribution in [0.5, 0.6) is 11.6 Å². The number of alkyl halides is 3. The average Bonchev–Trinajstić information content (AvgIpc) is 2.46. The van der Waals surface area contributed by atoms with Crippen LogP contribution in [0.3, 0.4) is 0 Å². The fraction of sp³-hybridized carbons (Fsp3) is 0.200. The minimum absolute atomic E-state index is 0.119. The first-order chi connectivity index (χ1) is 10.4. The Balaban J connectivity index is 2.39. The second-order valence-corrected chi connectivity index (χ2v) is 4.27. The summed E-state index contributed by atoms with van der Waals surface area (Å²) in [4.78, 5) is 4.15. The molecular formula is C15H11F3N2O2. The highest BCUT2D eigenvalue weighted by molar-refractivity contribution is 5.70. The fourth-order valence-corrected chi connectivity index (χ4v) is 1.89. The summed E-state index contributed by atoms with van der Waals surface area (Å²) in [7, 11) is 1.40. The van der Waals surface area contributed by atoms with Crippen LogP contribution in [-0.2, 0) is 6.42 Å². The predicted octanol–water partition coefficient (Wildman–Crippen LogP) is 3.72. The van der Waals surface area contributed by atoms with E-state index in [1.54, 1.807) is 18.2 Å². The van der Waals surface area contributed by atoms with E-state index in [-0.39, 0.29) is 18.1 Å². The van der Waals surface area contributed by atoms with Gasteiger partial charge in [-0.3, -0.25) is 0 Å². The third kappa shape index (κ3) is 3.88. The third-order valence-electron chi connectivity index (χ3n) is 2.75. The van der Waals surface area contributed by atoms with Crippen molar-refractivity contribution < 1.29 is 22.6 Å². The lowest BCUT2D eigenvalue weighted by atomic mass is 10.1. The minimum Gasteiger partial charge on any atom is -0.481 e. The molecule has 0 fully saturated rings. The van der Waals surface area contributed by atoms with Crippen molar-refractivity contribution in [3.8, 4) is 28.8 Å². The van der Waals surface area contributed by atoms with Crippen LogP contribution in [-0.4, -0.2) is 18.5 Å². The van der Waals surface area contributed by atoms with Gasteiger partial charge in [-0.25, -0.2) is 4.98 Å². The van der Waals surface area contributed by atoms with Crippen molar-refractivity contribution in [1.82, 2.24) is 4.98 Å². The van der Waals surface area contributed by atoms with Crippen LogP contribution < -0.4 is 9.47 Å². The van der Waals surface area contributed by atoms with Gasteiger partial charge in [0.05, 0.1) is 25.3 Å². The van der Waals surface area contributed by atoms with Crippen LogP contribution >= 0.6 is 0 Å². The van der Waals surface area contributed by atoms with Gasteiger partial charge < -0.3 is 9.47 Å². The van der Waals surface area contributed by atoms with E-state index in [9.17, 15) is 13.2 Å². The SMILES string of the molecule is COc1nc(CC#N)ccc1-c1cccc(OC(F)(F)F)c1. The first-order valence-electron chi connectivity index (χ1n) is 6.20. The molecule has 2 rings (SSSR count). The number of hydrogen-bond donors (Lipinski definition) is 0. The van der Waals surface area contributed by atoms with Gasteiger partial charge in [0, 0.05) is 5.56 Å². The van der Waals surface area contributed by atoms with Crippen LogP contribution in [0, 0.1) is 11.3 Å². The maximum Gasteiger partial charge on any atom is 0.573 e. The summed E-state index contributed by atoms with van der Waals surface area (Å²) in [5.74, 6) is -0.0925. The number of halogens is 3. The summed E-state index contributed by atoms with van der Waals surface area (Å²) in [5, 5.41) is 8.66. The zero-order valence-electron chi connectivity index (χ0n) is 11.5. The van der Waals surface area contributed by atoms with E-state index in [0.29, 0.717) is 16.8 Å². The number of ether oxygens (including phenoxy) is 2. The Labute approximate surface area is 124 Å². The smallest absolute Gasteiger partial charge is 0.481 e. The Kier molecular flexibility index (Phi) is 4.51. The number of nitrogens with zero attached hydrogens (tertiary/aromatic N) is 2. The summed E-state index contributed by atoms with van der Waals surface area (Å²) in [6.45, 7) is 0. The zero-order valence-corrected chi connectivity index (χ0v) is 11.5. The summed E-state index contributed by atoms with van der Waals surface area (Å²) >= 11 is 0. The molecule has 0 spiro atoms. The molecule has 0 aliphatic carbocycles. The van der Waals surface area contributed by atoms with Crippen LogP contribution in [0.25, 0.3) is 11.1 Å².